The van der Waals surface area contributed by atoms with Crippen LogP contribution in [0, 0.1) is 0 Å². The normalized spacial score (nSPS) is 12.1. The predicted octanol–water partition coefficient (Wildman–Crippen LogP) is 4.48. The lowest BCUT2D eigenvalue weighted by molar-refractivity contribution is -0.138. The van der Waals surface area contributed by atoms with E-state index in [0.29, 0.717) is 18.2 Å². The van der Waals surface area contributed by atoms with Crippen LogP contribution in [0.25, 0.3) is 22.5 Å². The molecule has 0 aliphatic rings. The summed E-state index contributed by atoms with van der Waals surface area (Å²) in [5, 5.41) is 28.2. The Morgan fingerprint density at radius 1 is 1.06 bits per heavy atom. The summed E-state index contributed by atoms with van der Waals surface area (Å²) in [4.78, 5) is 16.0. The van der Waals surface area contributed by atoms with Gasteiger partial charge in [-0.2, -0.15) is 5.10 Å². The van der Waals surface area contributed by atoms with Gasteiger partial charge in [0, 0.05) is 12.0 Å². The van der Waals surface area contributed by atoms with Crippen LogP contribution in [0.15, 0.2) is 48.5 Å². The number of carboxylic acid groups (broad SMARTS) is 1. The van der Waals surface area contributed by atoms with E-state index in [2.05, 4.69) is 61.9 Å². The number of benzene rings is 2. The smallest absolute Gasteiger partial charge is 0.314 e. The molecule has 2 heterocycles. The van der Waals surface area contributed by atoms with Crippen LogP contribution in [0.3, 0.4) is 0 Å². The average molecular weight is 460 g/mol. The molecule has 34 heavy (non-hydrogen) atoms. The lowest BCUT2D eigenvalue weighted by atomic mass is 9.98. The molecule has 1 unspecified atom stereocenters. The second-order valence-electron chi connectivity index (χ2n) is 8.41. The summed E-state index contributed by atoms with van der Waals surface area (Å²) in [6, 6.07) is 16.2. The molecule has 0 aliphatic carbocycles. The van der Waals surface area contributed by atoms with Gasteiger partial charge in [-0.1, -0.05) is 74.7 Å². The zero-order valence-corrected chi connectivity index (χ0v) is 19.5. The molecule has 0 spiro atoms. The highest BCUT2D eigenvalue weighted by Crippen LogP contribution is 2.30. The van der Waals surface area contributed by atoms with E-state index in [1.807, 2.05) is 28.9 Å². The first-order valence-corrected chi connectivity index (χ1v) is 11.7. The van der Waals surface area contributed by atoms with Gasteiger partial charge >= 0.3 is 5.97 Å². The molecule has 0 saturated heterocycles. The number of aromatic amines is 1. The summed E-state index contributed by atoms with van der Waals surface area (Å²) in [6.07, 6.45) is 5.27. The molecule has 2 N–H and O–H groups in total. The molecular formula is C25H29N7O2. The third-order valence-electron chi connectivity index (χ3n) is 5.90. The fourth-order valence-corrected chi connectivity index (χ4v) is 3.89. The number of aromatic nitrogens is 7. The van der Waals surface area contributed by atoms with E-state index < -0.39 is 11.9 Å². The lowest BCUT2D eigenvalue weighted by Crippen LogP contribution is -2.10. The molecule has 2 aromatic heterocycles. The number of carboxylic acids is 1. The standard InChI is InChI=1S/C25H29N7O2/c1-3-4-5-6-11-22-26-23(17(2)25(33)34)29-32(22)16-18-12-14-19(15-13-18)20-9-7-8-10-21(20)24-27-30-31-28-24/h7-10,12-15,17H,3-6,11,16H2,1-2H3,(H,33,34)(H,27,28,30,31). The SMILES string of the molecule is CCCCCCc1nc(C(C)C(=O)O)nn1Cc1ccc(-c2ccccc2-c2nnn[nH]2)cc1. The quantitative estimate of drug-likeness (QED) is 0.317. The van der Waals surface area contributed by atoms with Crippen LogP contribution >= 0.6 is 0 Å². The Bertz CT molecular complexity index is 1220. The molecule has 0 bridgehead atoms. The number of H-pyrrole nitrogens is 1. The van der Waals surface area contributed by atoms with Crippen LogP contribution in [0.2, 0.25) is 0 Å². The minimum absolute atomic E-state index is 0.365. The van der Waals surface area contributed by atoms with Crippen molar-refractivity contribution in [2.24, 2.45) is 0 Å². The van der Waals surface area contributed by atoms with Gasteiger partial charge in [0.15, 0.2) is 11.6 Å². The minimum atomic E-state index is -0.917. The van der Waals surface area contributed by atoms with Crippen LogP contribution in [0.1, 0.15) is 62.7 Å². The number of aliphatic carboxylic acids is 1. The van der Waals surface area contributed by atoms with E-state index in [9.17, 15) is 9.90 Å². The lowest BCUT2D eigenvalue weighted by Gasteiger charge is -2.10. The van der Waals surface area contributed by atoms with Crippen molar-refractivity contribution in [1.29, 1.82) is 0 Å². The maximum Gasteiger partial charge on any atom is 0.314 e. The monoisotopic (exact) mass is 459 g/mol. The zero-order chi connectivity index (χ0) is 23.9. The van der Waals surface area contributed by atoms with Crippen LogP contribution in [0.4, 0.5) is 0 Å². The van der Waals surface area contributed by atoms with Gasteiger partial charge in [-0.15, -0.1) is 5.10 Å². The number of aryl methyl sites for hydroxylation is 1. The Balaban J connectivity index is 1.56. The van der Waals surface area contributed by atoms with Crippen molar-refractivity contribution in [2.75, 3.05) is 0 Å². The van der Waals surface area contributed by atoms with Gasteiger partial charge < -0.3 is 5.11 Å². The van der Waals surface area contributed by atoms with Gasteiger partial charge in [-0.25, -0.2) is 14.8 Å². The summed E-state index contributed by atoms with van der Waals surface area (Å²) in [6.45, 7) is 4.34. The number of carbonyl (C=O) groups is 1. The van der Waals surface area contributed by atoms with Crippen molar-refractivity contribution in [3.8, 4) is 22.5 Å². The predicted molar refractivity (Wildman–Crippen MR) is 128 cm³/mol. The Hall–Kier alpha value is -3.88. The molecule has 4 aromatic rings. The zero-order valence-electron chi connectivity index (χ0n) is 19.5. The highest BCUT2D eigenvalue weighted by molar-refractivity contribution is 5.80. The molecular weight excluding hydrogens is 430 g/mol. The Morgan fingerprint density at radius 2 is 1.82 bits per heavy atom. The summed E-state index contributed by atoms with van der Waals surface area (Å²) in [5.74, 6) is 0.172. The molecule has 9 nitrogen and oxygen atoms in total. The highest BCUT2D eigenvalue weighted by atomic mass is 16.4. The van der Waals surface area contributed by atoms with Gasteiger partial charge in [0.05, 0.1) is 6.54 Å². The second kappa shape index (κ2) is 10.8. The summed E-state index contributed by atoms with van der Waals surface area (Å²) < 4.78 is 1.85. The molecule has 0 radical (unpaired) electrons. The molecule has 2 aromatic carbocycles. The van der Waals surface area contributed by atoms with Gasteiger partial charge in [-0.3, -0.25) is 4.79 Å². The first kappa shape index (κ1) is 23.3. The van der Waals surface area contributed by atoms with E-state index in [1.165, 1.54) is 6.42 Å². The number of nitrogens with one attached hydrogen (secondary N) is 1. The summed E-state index contributed by atoms with van der Waals surface area (Å²) in [5.41, 5.74) is 4.08. The van der Waals surface area contributed by atoms with Crippen molar-refractivity contribution in [3.05, 3.63) is 65.7 Å². The van der Waals surface area contributed by atoms with Gasteiger partial charge in [0.1, 0.15) is 11.7 Å². The Labute approximate surface area is 198 Å². The average Bonchev–Trinajstić information content (AvgIpc) is 3.52. The van der Waals surface area contributed by atoms with E-state index in [-0.39, 0.29) is 0 Å². The molecule has 1 atom stereocenters. The third kappa shape index (κ3) is 5.36. The number of hydrogen-bond acceptors (Lipinski definition) is 6. The van der Waals surface area contributed by atoms with E-state index >= 15 is 0 Å². The number of nitrogens with zero attached hydrogens (tertiary/aromatic N) is 6. The van der Waals surface area contributed by atoms with Crippen molar-refractivity contribution in [3.63, 3.8) is 0 Å². The minimum Gasteiger partial charge on any atom is -0.481 e. The van der Waals surface area contributed by atoms with Gasteiger partial charge in [0.2, 0.25) is 0 Å². The number of rotatable bonds is 11. The Kier molecular flexibility index (Phi) is 7.41. The highest BCUT2D eigenvalue weighted by Gasteiger charge is 2.21. The Morgan fingerprint density at radius 3 is 2.50 bits per heavy atom. The molecule has 176 valence electrons. The van der Waals surface area contributed by atoms with Gasteiger partial charge in [-0.05, 0) is 40.5 Å². The van der Waals surface area contributed by atoms with Crippen molar-refractivity contribution >= 4 is 5.97 Å². The third-order valence-corrected chi connectivity index (χ3v) is 5.90. The van der Waals surface area contributed by atoms with Crippen LogP contribution in [-0.2, 0) is 17.8 Å². The fourth-order valence-electron chi connectivity index (χ4n) is 3.89. The summed E-state index contributed by atoms with van der Waals surface area (Å²) in [7, 11) is 0. The first-order valence-electron chi connectivity index (χ1n) is 11.7. The van der Waals surface area contributed by atoms with Crippen molar-refractivity contribution < 1.29 is 9.90 Å². The van der Waals surface area contributed by atoms with E-state index in [4.69, 9.17) is 0 Å². The van der Waals surface area contributed by atoms with E-state index in [0.717, 1.165) is 53.8 Å². The van der Waals surface area contributed by atoms with Crippen LogP contribution in [-0.4, -0.2) is 46.5 Å². The first-order chi connectivity index (χ1) is 16.6. The largest absolute Gasteiger partial charge is 0.481 e. The molecule has 0 amide bonds. The molecule has 4 rings (SSSR count). The number of unbranched alkanes of at least 4 members (excludes halogenated alkanes) is 3. The molecule has 9 heteroatoms. The van der Waals surface area contributed by atoms with Crippen LogP contribution in [0.5, 0.6) is 0 Å². The number of hydrogen-bond donors (Lipinski definition) is 2. The van der Waals surface area contributed by atoms with Crippen molar-refractivity contribution in [1.82, 2.24) is 35.4 Å². The topological polar surface area (TPSA) is 122 Å². The maximum atomic E-state index is 11.5. The van der Waals surface area contributed by atoms with E-state index in [1.54, 1.807) is 6.92 Å². The van der Waals surface area contributed by atoms with Crippen molar-refractivity contribution in [2.45, 2.75) is 58.4 Å². The van der Waals surface area contributed by atoms with Crippen LogP contribution < -0.4 is 0 Å². The molecule has 0 saturated carbocycles. The molecule has 0 fully saturated rings. The summed E-state index contributed by atoms with van der Waals surface area (Å²) >= 11 is 0. The fraction of sp³-hybridized carbons (Fsp3) is 0.360. The maximum absolute atomic E-state index is 11.5. The van der Waals surface area contributed by atoms with Gasteiger partial charge in [0.25, 0.3) is 0 Å². The number of tetrazole rings is 1. The second-order valence-corrected chi connectivity index (χ2v) is 8.41. The molecule has 0 aliphatic heterocycles.